The quantitative estimate of drug-likeness (QED) is 0.501. The number of allylic oxidation sites excluding steroid dienone is 1. The fourth-order valence-electron chi connectivity index (χ4n) is 1.32. The summed E-state index contributed by atoms with van der Waals surface area (Å²) in [6.45, 7) is 0. The van der Waals surface area contributed by atoms with Gasteiger partial charge in [0.1, 0.15) is 3.23 Å². The maximum Gasteiger partial charge on any atom is 0.138 e. The van der Waals surface area contributed by atoms with Gasteiger partial charge in [-0.1, -0.05) is 72.1 Å². The first-order chi connectivity index (χ1) is 6.05. The molecular weight excluding hydrogens is 428 g/mol. The van der Waals surface area contributed by atoms with Crippen LogP contribution < -0.4 is 0 Å². The van der Waals surface area contributed by atoms with Crippen molar-refractivity contribution in [3.63, 3.8) is 0 Å². The standard InChI is InChI=1S/C9H4Br4/c10-7-5-3-1-2-4-6(5)9(12,13)8(7)11/h1-4H. The van der Waals surface area contributed by atoms with Gasteiger partial charge in [-0.3, -0.25) is 0 Å². The van der Waals surface area contributed by atoms with Gasteiger partial charge in [0.15, 0.2) is 0 Å². The number of fused-ring (bicyclic) bond motifs is 1. The summed E-state index contributed by atoms with van der Waals surface area (Å²) in [7, 11) is 0. The van der Waals surface area contributed by atoms with Crippen molar-refractivity contribution < 1.29 is 0 Å². The molecule has 0 saturated carbocycles. The van der Waals surface area contributed by atoms with Crippen molar-refractivity contribution in [2.75, 3.05) is 0 Å². The highest BCUT2D eigenvalue weighted by Gasteiger charge is 2.39. The van der Waals surface area contributed by atoms with E-state index in [0.29, 0.717) is 0 Å². The molecule has 0 aliphatic heterocycles. The van der Waals surface area contributed by atoms with E-state index >= 15 is 0 Å². The second-order valence-corrected chi connectivity index (χ2v) is 7.78. The van der Waals surface area contributed by atoms with E-state index in [-0.39, 0.29) is 3.23 Å². The van der Waals surface area contributed by atoms with E-state index in [2.05, 4.69) is 75.9 Å². The van der Waals surface area contributed by atoms with E-state index in [1.165, 1.54) is 11.1 Å². The number of alkyl halides is 2. The fourth-order valence-corrected chi connectivity index (χ4v) is 4.01. The third-order valence-corrected chi connectivity index (χ3v) is 7.03. The Labute approximate surface area is 110 Å². The summed E-state index contributed by atoms with van der Waals surface area (Å²) >= 11 is 14.4. The van der Waals surface area contributed by atoms with Crippen LogP contribution in [0.25, 0.3) is 4.48 Å². The summed E-state index contributed by atoms with van der Waals surface area (Å²) in [5.41, 5.74) is 2.43. The van der Waals surface area contributed by atoms with Crippen molar-refractivity contribution in [3.8, 4) is 0 Å². The summed E-state index contributed by atoms with van der Waals surface area (Å²) in [4.78, 5) is 0. The summed E-state index contributed by atoms with van der Waals surface area (Å²) < 4.78 is 1.90. The molecule has 1 aliphatic rings. The topological polar surface area (TPSA) is 0 Å². The molecule has 68 valence electrons. The highest BCUT2D eigenvalue weighted by molar-refractivity contribution is 9.26. The minimum atomic E-state index is -0.268. The highest BCUT2D eigenvalue weighted by Crippen LogP contribution is 2.58. The van der Waals surface area contributed by atoms with Crippen LogP contribution in [-0.2, 0) is 3.23 Å². The van der Waals surface area contributed by atoms with Gasteiger partial charge in [0.2, 0.25) is 0 Å². The summed E-state index contributed by atoms with van der Waals surface area (Å²) in [6.07, 6.45) is 0. The molecule has 0 radical (unpaired) electrons. The van der Waals surface area contributed by atoms with Gasteiger partial charge in [-0.05, 0) is 27.1 Å². The number of rotatable bonds is 0. The number of benzene rings is 1. The number of hydrogen-bond donors (Lipinski definition) is 0. The molecule has 13 heavy (non-hydrogen) atoms. The Kier molecular flexibility index (Phi) is 2.78. The smallest absolute Gasteiger partial charge is 0.0619 e. The lowest BCUT2D eigenvalue weighted by atomic mass is 10.1. The van der Waals surface area contributed by atoms with Crippen molar-refractivity contribution >= 4 is 68.2 Å². The van der Waals surface area contributed by atoms with E-state index in [4.69, 9.17) is 0 Å². The van der Waals surface area contributed by atoms with Gasteiger partial charge >= 0.3 is 0 Å². The summed E-state index contributed by atoms with van der Waals surface area (Å²) in [5, 5.41) is 0. The van der Waals surface area contributed by atoms with Crippen LogP contribution in [0.3, 0.4) is 0 Å². The van der Waals surface area contributed by atoms with Gasteiger partial charge in [0, 0.05) is 8.96 Å². The molecular formula is C9H4Br4. The zero-order valence-corrected chi connectivity index (χ0v) is 12.7. The molecule has 0 spiro atoms. The molecule has 0 unspecified atom stereocenters. The molecule has 4 heteroatoms. The lowest BCUT2D eigenvalue weighted by Crippen LogP contribution is -2.04. The Hall–Kier alpha value is 0.880. The predicted molar refractivity (Wildman–Crippen MR) is 70.7 cm³/mol. The first kappa shape index (κ1) is 10.4. The average Bonchev–Trinajstić information content (AvgIpc) is 2.30. The molecule has 1 aromatic carbocycles. The van der Waals surface area contributed by atoms with Gasteiger partial charge in [-0.2, -0.15) is 0 Å². The first-order valence-corrected chi connectivity index (χ1v) is 6.76. The Morgan fingerprint density at radius 1 is 1.00 bits per heavy atom. The lowest BCUT2D eigenvalue weighted by molar-refractivity contribution is 1.21. The molecule has 0 aromatic heterocycles. The van der Waals surface area contributed by atoms with Crippen molar-refractivity contribution in [3.05, 3.63) is 39.9 Å². The van der Waals surface area contributed by atoms with Crippen molar-refractivity contribution in [1.82, 2.24) is 0 Å². The molecule has 1 aliphatic carbocycles. The Bertz CT molecular complexity index is 392. The molecule has 0 fully saturated rings. The van der Waals surface area contributed by atoms with Crippen LogP contribution in [0.1, 0.15) is 11.1 Å². The van der Waals surface area contributed by atoms with E-state index in [9.17, 15) is 0 Å². The summed E-state index contributed by atoms with van der Waals surface area (Å²) in [5.74, 6) is 0. The molecule has 0 atom stereocenters. The van der Waals surface area contributed by atoms with Gasteiger partial charge < -0.3 is 0 Å². The number of halogens is 4. The van der Waals surface area contributed by atoms with E-state index in [0.717, 1.165) is 8.96 Å². The van der Waals surface area contributed by atoms with Gasteiger partial charge in [-0.15, -0.1) is 0 Å². The van der Waals surface area contributed by atoms with Crippen LogP contribution in [-0.4, -0.2) is 0 Å². The molecule has 0 saturated heterocycles. The normalized spacial score (nSPS) is 19.1. The van der Waals surface area contributed by atoms with Gasteiger partial charge in [0.25, 0.3) is 0 Å². The lowest BCUT2D eigenvalue weighted by Gasteiger charge is -2.15. The largest absolute Gasteiger partial charge is 0.138 e. The Morgan fingerprint density at radius 2 is 1.62 bits per heavy atom. The maximum absolute atomic E-state index is 3.63. The zero-order chi connectivity index (χ0) is 9.64. The Balaban J connectivity index is 2.74. The van der Waals surface area contributed by atoms with Gasteiger partial charge in [0.05, 0.1) is 0 Å². The fraction of sp³-hybridized carbons (Fsp3) is 0.111. The second-order valence-electron chi connectivity index (χ2n) is 2.75. The van der Waals surface area contributed by atoms with Crippen LogP contribution in [0.15, 0.2) is 28.7 Å². The van der Waals surface area contributed by atoms with Crippen LogP contribution in [0.5, 0.6) is 0 Å². The van der Waals surface area contributed by atoms with E-state index in [1.807, 2.05) is 12.1 Å². The van der Waals surface area contributed by atoms with E-state index < -0.39 is 0 Å². The SMILES string of the molecule is BrC1=C(Br)C(Br)(Br)c2ccccc21. The zero-order valence-electron chi connectivity index (χ0n) is 6.32. The molecule has 0 bridgehead atoms. The van der Waals surface area contributed by atoms with Crippen molar-refractivity contribution in [2.45, 2.75) is 3.23 Å². The van der Waals surface area contributed by atoms with Crippen LogP contribution in [0, 0.1) is 0 Å². The van der Waals surface area contributed by atoms with Crippen LogP contribution in [0.2, 0.25) is 0 Å². The van der Waals surface area contributed by atoms with Crippen LogP contribution in [0.4, 0.5) is 0 Å². The molecule has 2 rings (SSSR count). The van der Waals surface area contributed by atoms with E-state index in [1.54, 1.807) is 0 Å². The van der Waals surface area contributed by atoms with Gasteiger partial charge in [-0.25, -0.2) is 0 Å². The third-order valence-electron chi connectivity index (χ3n) is 1.97. The monoisotopic (exact) mass is 428 g/mol. The first-order valence-electron chi connectivity index (χ1n) is 3.58. The Morgan fingerprint density at radius 3 is 2.23 bits per heavy atom. The second kappa shape index (κ2) is 3.47. The third kappa shape index (κ3) is 1.50. The molecule has 1 aromatic rings. The molecule has 0 heterocycles. The minimum absolute atomic E-state index is 0.268. The summed E-state index contributed by atoms with van der Waals surface area (Å²) in [6, 6.07) is 8.24. The number of hydrogen-bond acceptors (Lipinski definition) is 0. The molecule has 0 nitrogen and oxygen atoms in total. The van der Waals surface area contributed by atoms with Crippen LogP contribution >= 0.6 is 63.7 Å². The molecule has 0 N–H and O–H groups in total. The predicted octanol–water partition coefficient (Wildman–Crippen LogP) is 5.10. The van der Waals surface area contributed by atoms with Crippen molar-refractivity contribution in [1.29, 1.82) is 0 Å². The van der Waals surface area contributed by atoms with Crippen molar-refractivity contribution in [2.24, 2.45) is 0 Å². The molecule has 0 amide bonds. The highest BCUT2D eigenvalue weighted by atomic mass is 79.9. The minimum Gasteiger partial charge on any atom is -0.0619 e. The maximum atomic E-state index is 3.63. The average molecular weight is 432 g/mol.